The van der Waals surface area contributed by atoms with Gasteiger partial charge in [0, 0.05) is 19.5 Å². The van der Waals surface area contributed by atoms with Crippen molar-refractivity contribution in [1.29, 1.82) is 0 Å². The minimum Gasteiger partial charge on any atom is -0.481 e. The number of amides is 1. The summed E-state index contributed by atoms with van der Waals surface area (Å²) >= 11 is 0. The summed E-state index contributed by atoms with van der Waals surface area (Å²) in [6, 6.07) is -0.320. The Balaban J connectivity index is 2.01. The molecule has 1 rings (SSSR count). The molecule has 74 valence electrons. The van der Waals surface area contributed by atoms with Gasteiger partial charge in [0.25, 0.3) is 0 Å². The summed E-state index contributed by atoms with van der Waals surface area (Å²) in [6.07, 6.45) is 1.53. The summed E-state index contributed by atoms with van der Waals surface area (Å²) in [6.45, 7) is 1.26. The number of nitrogens with two attached hydrogens (primary N) is 1. The molecule has 1 saturated heterocycles. The minimum absolute atomic E-state index is 0.0182. The first-order chi connectivity index (χ1) is 6.11. The number of carboxylic acid groups (broad SMARTS) is 1. The van der Waals surface area contributed by atoms with Crippen molar-refractivity contribution >= 4 is 11.9 Å². The van der Waals surface area contributed by atoms with Crippen LogP contribution in [0.3, 0.4) is 0 Å². The van der Waals surface area contributed by atoms with E-state index in [2.05, 4.69) is 0 Å². The summed E-state index contributed by atoms with van der Waals surface area (Å²) in [5.74, 6) is -0.804. The maximum absolute atomic E-state index is 11.0. The van der Waals surface area contributed by atoms with E-state index in [9.17, 15) is 9.59 Å². The lowest BCUT2D eigenvalue weighted by atomic mass is 10.1. The predicted molar refractivity (Wildman–Crippen MR) is 46.0 cm³/mol. The monoisotopic (exact) mass is 186 g/mol. The number of β-lactam (4-membered cyclic amide) rings is 1. The van der Waals surface area contributed by atoms with Crippen molar-refractivity contribution < 1.29 is 14.7 Å². The van der Waals surface area contributed by atoms with Crippen molar-refractivity contribution in [3.63, 3.8) is 0 Å². The van der Waals surface area contributed by atoms with Crippen molar-refractivity contribution in [3.05, 3.63) is 0 Å². The van der Waals surface area contributed by atoms with E-state index >= 15 is 0 Å². The number of carbonyl (C=O) groups is 2. The third kappa shape index (κ3) is 2.69. The second-order valence-electron chi connectivity index (χ2n) is 3.24. The molecule has 0 saturated carbocycles. The largest absolute Gasteiger partial charge is 0.481 e. The van der Waals surface area contributed by atoms with E-state index in [1.54, 1.807) is 4.90 Å². The molecule has 0 aliphatic carbocycles. The molecule has 1 heterocycles. The van der Waals surface area contributed by atoms with Gasteiger partial charge < -0.3 is 15.7 Å². The molecule has 1 aliphatic heterocycles. The molecule has 5 nitrogen and oxygen atoms in total. The van der Waals surface area contributed by atoms with Gasteiger partial charge >= 0.3 is 5.97 Å². The molecule has 0 aromatic carbocycles. The van der Waals surface area contributed by atoms with Gasteiger partial charge in [-0.1, -0.05) is 0 Å². The minimum atomic E-state index is -0.786. The highest BCUT2D eigenvalue weighted by Crippen LogP contribution is 2.09. The van der Waals surface area contributed by atoms with Crippen LogP contribution in [0.5, 0.6) is 0 Å². The molecule has 3 N–H and O–H groups in total. The van der Waals surface area contributed by atoms with Crippen molar-refractivity contribution in [3.8, 4) is 0 Å². The van der Waals surface area contributed by atoms with Gasteiger partial charge in [-0.05, 0) is 12.8 Å². The van der Waals surface area contributed by atoms with Gasteiger partial charge in [0.05, 0.1) is 0 Å². The zero-order chi connectivity index (χ0) is 9.84. The van der Waals surface area contributed by atoms with E-state index in [1.807, 2.05) is 0 Å². The molecule has 0 spiro atoms. The summed E-state index contributed by atoms with van der Waals surface area (Å²) in [5, 5.41) is 8.34. The third-order valence-corrected chi connectivity index (χ3v) is 2.11. The molecule has 1 atom stereocenters. The lowest BCUT2D eigenvalue weighted by molar-refractivity contribution is -0.142. The van der Waals surface area contributed by atoms with Crippen LogP contribution in [0.2, 0.25) is 0 Å². The molecule has 0 aromatic rings. The van der Waals surface area contributed by atoms with Crippen LogP contribution in [0, 0.1) is 0 Å². The summed E-state index contributed by atoms with van der Waals surface area (Å²) < 4.78 is 0. The highest BCUT2D eigenvalue weighted by molar-refractivity contribution is 5.87. The molecule has 1 aliphatic rings. The first-order valence-electron chi connectivity index (χ1n) is 4.37. The highest BCUT2D eigenvalue weighted by Gasteiger charge is 2.32. The zero-order valence-electron chi connectivity index (χ0n) is 7.40. The molecule has 0 radical (unpaired) electrons. The van der Waals surface area contributed by atoms with Crippen LogP contribution in [0.4, 0.5) is 0 Å². The first kappa shape index (κ1) is 9.98. The Labute approximate surface area is 76.5 Å². The fraction of sp³-hybridized carbons (Fsp3) is 0.750. The molecule has 1 amide bonds. The van der Waals surface area contributed by atoms with Gasteiger partial charge in [0.2, 0.25) is 5.91 Å². The number of hydrogen-bond donors (Lipinski definition) is 2. The normalized spacial score (nSPS) is 21.5. The Morgan fingerprint density at radius 3 is 2.77 bits per heavy atom. The quantitative estimate of drug-likeness (QED) is 0.444. The first-order valence-corrected chi connectivity index (χ1v) is 4.37. The van der Waals surface area contributed by atoms with E-state index in [4.69, 9.17) is 10.8 Å². The average molecular weight is 186 g/mol. The number of rotatable bonds is 5. The van der Waals surface area contributed by atoms with Crippen molar-refractivity contribution in [2.24, 2.45) is 5.73 Å². The van der Waals surface area contributed by atoms with Crippen LogP contribution in [-0.2, 0) is 9.59 Å². The standard InChI is InChI=1S/C8H14N2O3/c9-6-5-10(8(6)13)4-2-1-3-7(11)12/h6H,1-5,9H2,(H,11,12). The second kappa shape index (κ2) is 4.23. The van der Waals surface area contributed by atoms with Crippen molar-refractivity contribution in [2.45, 2.75) is 25.3 Å². The summed E-state index contributed by atoms with van der Waals surface area (Å²) in [7, 11) is 0. The van der Waals surface area contributed by atoms with Crippen molar-refractivity contribution in [1.82, 2.24) is 4.90 Å². The molecule has 0 aromatic heterocycles. The van der Waals surface area contributed by atoms with Crippen LogP contribution in [0.25, 0.3) is 0 Å². The molecule has 0 bridgehead atoms. The zero-order valence-corrected chi connectivity index (χ0v) is 7.40. The van der Waals surface area contributed by atoms with Crippen LogP contribution in [0.15, 0.2) is 0 Å². The van der Waals surface area contributed by atoms with Gasteiger partial charge in [0.15, 0.2) is 0 Å². The fourth-order valence-corrected chi connectivity index (χ4v) is 1.31. The van der Waals surface area contributed by atoms with E-state index in [0.29, 0.717) is 19.5 Å². The van der Waals surface area contributed by atoms with Crippen LogP contribution >= 0.6 is 0 Å². The molecule has 13 heavy (non-hydrogen) atoms. The van der Waals surface area contributed by atoms with E-state index in [-0.39, 0.29) is 18.4 Å². The van der Waals surface area contributed by atoms with Gasteiger partial charge in [-0.2, -0.15) is 0 Å². The third-order valence-electron chi connectivity index (χ3n) is 2.11. The molecule has 1 unspecified atom stereocenters. The van der Waals surface area contributed by atoms with Gasteiger partial charge in [-0.15, -0.1) is 0 Å². The number of aliphatic carboxylic acids is 1. The Morgan fingerprint density at radius 1 is 1.62 bits per heavy atom. The maximum atomic E-state index is 11.0. The topological polar surface area (TPSA) is 83.6 Å². The molecule has 1 fully saturated rings. The smallest absolute Gasteiger partial charge is 0.303 e. The van der Waals surface area contributed by atoms with Crippen LogP contribution in [-0.4, -0.2) is 41.0 Å². The van der Waals surface area contributed by atoms with Crippen molar-refractivity contribution in [2.75, 3.05) is 13.1 Å². The molecular weight excluding hydrogens is 172 g/mol. The SMILES string of the molecule is NC1CN(CCCCC(=O)O)C1=O. The van der Waals surface area contributed by atoms with Gasteiger partial charge in [0.1, 0.15) is 6.04 Å². The molecule has 5 heteroatoms. The number of nitrogens with zero attached hydrogens (tertiary/aromatic N) is 1. The Bertz CT molecular complexity index is 217. The van der Waals surface area contributed by atoms with E-state index in [1.165, 1.54) is 0 Å². The average Bonchev–Trinajstić information content (AvgIpc) is 2.09. The Morgan fingerprint density at radius 2 is 2.31 bits per heavy atom. The lowest BCUT2D eigenvalue weighted by Crippen LogP contribution is -2.60. The lowest BCUT2D eigenvalue weighted by Gasteiger charge is -2.36. The Hall–Kier alpha value is -1.10. The number of carboxylic acids is 1. The number of likely N-dealkylation sites (tertiary alicyclic amines) is 1. The number of unbranched alkanes of at least 4 members (excludes halogenated alkanes) is 1. The van der Waals surface area contributed by atoms with E-state index < -0.39 is 5.97 Å². The highest BCUT2D eigenvalue weighted by atomic mass is 16.4. The van der Waals surface area contributed by atoms with Crippen LogP contribution < -0.4 is 5.73 Å². The number of hydrogen-bond acceptors (Lipinski definition) is 3. The Kier molecular flexibility index (Phi) is 3.25. The second-order valence-corrected chi connectivity index (χ2v) is 3.24. The van der Waals surface area contributed by atoms with E-state index in [0.717, 1.165) is 6.42 Å². The van der Waals surface area contributed by atoms with Gasteiger partial charge in [-0.3, -0.25) is 9.59 Å². The van der Waals surface area contributed by atoms with Crippen LogP contribution in [0.1, 0.15) is 19.3 Å². The summed E-state index contributed by atoms with van der Waals surface area (Å²) in [4.78, 5) is 22.8. The van der Waals surface area contributed by atoms with Gasteiger partial charge in [-0.25, -0.2) is 0 Å². The molecular formula is C8H14N2O3. The fourth-order valence-electron chi connectivity index (χ4n) is 1.31. The predicted octanol–water partition coefficient (Wildman–Crippen LogP) is -0.589. The maximum Gasteiger partial charge on any atom is 0.303 e. The number of carbonyl (C=O) groups excluding carboxylic acids is 1. The summed E-state index contributed by atoms with van der Waals surface area (Å²) in [5.41, 5.74) is 5.38.